The van der Waals surface area contributed by atoms with E-state index in [9.17, 15) is 9.59 Å². The van der Waals surface area contributed by atoms with Crippen molar-refractivity contribution in [3.63, 3.8) is 0 Å². The van der Waals surface area contributed by atoms with Gasteiger partial charge < -0.3 is 4.90 Å². The molecule has 1 rings (SSSR count). The number of amides is 3. The minimum atomic E-state index is -0.929. The lowest BCUT2D eigenvalue weighted by molar-refractivity contribution is -0.129. The Balaban J connectivity index is 3.08. The van der Waals surface area contributed by atoms with Crippen molar-refractivity contribution < 1.29 is 9.59 Å². The number of thiol groups is 1. The van der Waals surface area contributed by atoms with Gasteiger partial charge in [-0.3, -0.25) is 9.69 Å². The third kappa shape index (κ3) is 1.30. The summed E-state index contributed by atoms with van der Waals surface area (Å²) in [6.07, 6.45) is 0.533. The van der Waals surface area contributed by atoms with Gasteiger partial charge in [-0.1, -0.05) is 6.92 Å². The fourth-order valence-corrected chi connectivity index (χ4v) is 2.09. The molecule has 1 saturated heterocycles. The first-order chi connectivity index (χ1) is 6.52. The monoisotopic (exact) mass is 216 g/mol. The van der Waals surface area contributed by atoms with Gasteiger partial charge in [-0.25, -0.2) is 4.79 Å². The summed E-state index contributed by atoms with van der Waals surface area (Å²) in [7, 11) is 0. The maximum absolute atomic E-state index is 11.9. The molecule has 0 bridgehead atoms. The van der Waals surface area contributed by atoms with Gasteiger partial charge in [0.2, 0.25) is 0 Å². The van der Waals surface area contributed by atoms with Crippen LogP contribution in [-0.4, -0.2) is 39.7 Å². The van der Waals surface area contributed by atoms with Gasteiger partial charge in [0.15, 0.2) is 4.87 Å². The molecule has 0 radical (unpaired) electrons. The van der Waals surface area contributed by atoms with Crippen LogP contribution < -0.4 is 0 Å². The van der Waals surface area contributed by atoms with Gasteiger partial charge in [0.1, 0.15) is 0 Å². The molecule has 1 heterocycles. The molecule has 0 N–H and O–H groups in total. The zero-order valence-electron chi connectivity index (χ0n) is 8.78. The van der Waals surface area contributed by atoms with E-state index in [2.05, 4.69) is 12.6 Å². The predicted octanol–water partition coefficient (Wildman–Crippen LogP) is 1.33. The number of imide groups is 1. The lowest BCUT2D eigenvalue weighted by Crippen LogP contribution is -2.44. The van der Waals surface area contributed by atoms with Crippen LogP contribution in [0.1, 0.15) is 27.2 Å². The summed E-state index contributed by atoms with van der Waals surface area (Å²) in [5.74, 6) is -0.197. The highest BCUT2D eigenvalue weighted by Crippen LogP contribution is 2.33. The van der Waals surface area contributed by atoms with E-state index in [1.165, 1.54) is 9.80 Å². The molecule has 0 aromatic carbocycles. The van der Waals surface area contributed by atoms with Crippen LogP contribution in [0.4, 0.5) is 4.79 Å². The van der Waals surface area contributed by atoms with Crippen LogP contribution in [0, 0.1) is 0 Å². The van der Waals surface area contributed by atoms with Gasteiger partial charge in [-0.15, -0.1) is 12.6 Å². The molecule has 5 heteroatoms. The van der Waals surface area contributed by atoms with E-state index in [4.69, 9.17) is 0 Å². The van der Waals surface area contributed by atoms with Crippen molar-refractivity contribution in [3.05, 3.63) is 0 Å². The number of carbonyl (C=O) groups is 2. The summed E-state index contributed by atoms with van der Waals surface area (Å²) in [4.78, 5) is 25.4. The van der Waals surface area contributed by atoms with Gasteiger partial charge >= 0.3 is 6.03 Å². The standard InChI is InChI=1S/C9H16N2O2S/c1-4-9(14)7(12)10(5-2)8(13)11(9)6-3/h14H,4-6H2,1-3H3. The molecule has 0 spiro atoms. The molecule has 0 aromatic rings. The van der Waals surface area contributed by atoms with Crippen molar-refractivity contribution in [3.8, 4) is 0 Å². The Morgan fingerprint density at radius 1 is 1.21 bits per heavy atom. The number of hydrogen-bond donors (Lipinski definition) is 1. The molecular formula is C9H16N2O2S. The van der Waals surface area contributed by atoms with Gasteiger partial charge in [0.25, 0.3) is 5.91 Å². The summed E-state index contributed by atoms with van der Waals surface area (Å²) >= 11 is 4.34. The van der Waals surface area contributed by atoms with E-state index in [0.29, 0.717) is 19.5 Å². The molecule has 0 saturated carbocycles. The van der Waals surface area contributed by atoms with E-state index >= 15 is 0 Å². The average molecular weight is 216 g/mol. The fourth-order valence-electron chi connectivity index (χ4n) is 1.74. The van der Waals surface area contributed by atoms with Crippen LogP contribution in [0.2, 0.25) is 0 Å². The van der Waals surface area contributed by atoms with E-state index in [0.717, 1.165) is 0 Å². The summed E-state index contributed by atoms with van der Waals surface area (Å²) in [5.41, 5.74) is 0. The summed E-state index contributed by atoms with van der Waals surface area (Å²) in [6, 6.07) is -0.225. The maximum atomic E-state index is 11.9. The number of hydrogen-bond acceptors (Lipinski definition) is 3. The van der Waals surface area contributed by atoms with E-state index in [1.807, 2.05) is 13.8 Å². The third-order valence-electron chi connectivity index (χ3n) is 2.62. The van der Waals surface area contributed by atoms with E-state index in [1.54, 1.807) is 6.92 Å². The Kier molecular flexibility index (Phi) is 3.09. The van der Waals surface area contributed by atoms with E-state index in [-0.39, 0.29) is 11.9 Å². The van der Waals surface area contributed by atoms with Crippen LogP contribution in [-0.2, 0) is 4.79 Å². The largest absolute Gasteiger partial charge is 0.328 e. The van der Waals surface area contributed by atoms with Crippen molar-refractivity contribution in [2.75, 3.05) is 13.1 Å². The van der Waals surface area contributed by atoms with Gasteiger partial charge in [0, 0.05) is 13.1 Å². The second-order valence-electron chi connectivity index (χ2n) is 3.25. The quantitative estimate of drug-likeness (QED) is 0.571. The number of likely N-dealkylation sites (N-methyl/N-ethyl adjacent to an activating group) is 2. The highest BCUT2D eigenvalue weighted by Gasteiger charge is 2.52. The summed E-state index contributed by atoms with van der Waals surface area (Å²) in [5, 5.41) is 0. The van der Waals surface area contributed by atoms with Gasteiger partial charge in [-0.2, -0.15) is 0 Å². The number of rotatable bonds is 3. The Morgan fingerprint density at radius 3 is 2.07 bits per heavy atom. The zero-order chi connectivity index (χ0) is 10.9. The molecule has 1 aliphatic heterocycles. The third-order valence-corrected chi connectivity index (χ3v) is 3.37. The molecule has 80 valence electrons. The average Bonchev–Trinajstić information content (AvgIpc) is 2.36. The molecule has 4 nitrogen and oxygen atoms in total. The van der Waals surface area contributed by atoms with Crippen LogP contribution in [0.25, 0.3) is 0 Å². The second-order valence-corrected chi connectivity index (χ2v) is 3.99. The van der Waals surface area contributed by atoms with Crippen LogP contribution in [0.5, 0.6) is 0 Å². The minimum Gasteiger partial charge on any atom is -0.301 e. The van der Waals surface area contributed by atoms with Crippen LogP contribution in [0.15, 0.2) is 0 Å². The van der Waals surface area contributed by atoms with Crippen molar-refractivity contribution in [2.24, 2.45) is 0 Å². The molecule has 1 aliphatic rings. The predicted molar refractivity (Wildman–Crippen MR) is 57.2 cm³/mol. The molecule has 3 amide bonds. The SMILES string of the molecule is CCN1C(=O)N(CC)C(S)(CC)C1=O. The highest BCUT2D eigenvalue weighted by molar-refractivity contribution is 7.82. The number of carbonyl (C=O) groups excluding carboxylic acids is 2. The normalized spacial score (nSPS) is 27.7. The molecule has 1 unspecified atom stereocenters. The van der Waals surface area contributed by atoms with Gasteiger partial charge in [-0.05, 0) is 20.3 Å². The lowest BCUT2D eigenvalue weighted by atomic mass is 10.2. The number of urea groups is 1. The highest BCUT2D eigenvalue weighted by atomic mass is 32.1. The topological polar surface area (TPSA) is 40.6 Å². The molecule has 14 heavy (non-hydrogen) atoms. The smallest absolute Gasteiger partial charge is 0.301 e. The van der Waals surface area contributed by atoms with E-state index < -0.39 is 4.87 Å². The Labute approximate surface area is 89.7 Å². The Morgan fingerprint density at radius 2 is 1.79 bits per heavy atom. The molecule has 1 fully saturated rings. The maximum Gasteiger partial charge on any atom is 0.328 e. The van der Waals surface area contributed by atoms with Crippen molar-refractivity contribution in [1.82, 2.24) is 9.80 Å². The Hall–Kier alpha value is -0.710. The zero-order valence-corrected chi connectivity index (χ0v) is 9.67. The Bertz CT molecular complexity index is 270. The van der Waals surface area contributed by atoms with Gasteiger partial charge in [0.05, 0.1) is 0 Å². The summed E-state index contributed by atoms with van der Waals surface area (Å²) < 4.78 is 0. The molecule has 1 atom stereocenters. The van der Waals surface area contributed by atoms with Crippen molar-refractivity contribution in [1.29, 1.82) is 0 Å². The number of nitrogens with zero attached hydrogens (tertiary/aromatic N) is 2. The molecule has 0 aliphatic carbocycles. The first-order valence-corrected chi connectivity index (χ1v) is 5.33. The first kappa shape index (κ1) is 11.4. The molecule has 0 aromatic heterocycles. The molecular weight excluding hydrogens is 200 g/mol. The minimum absolute atomic E-state index is 0.197. The van der Waals surface area contributed by atoms with Crippen LogP contribution >= 0.6 is 12.6 Å². The first-order valence-electron chi connectivity index (χ1n) is 4.88. The van der Waals surface area contributed by atoms with Crippen molar-refractivity contribution in [2.45, 2.75) is 32.1 Å². The van der Waals surface area contributed by atoms with Crippen molar-refractivity contribution >= 4 is 24.6 Å². The fraction of sp³-hybridized carbons (Fsp3) is 0.778. The second kappa shape index (κ2) is 3.81. The summed E-state index contributed by atoms with van der Waals surface area (Å²) in [6.45, 7) is 6.43. The lowest BCUT2D eigenvalue weighted by Gasteiger charge is -2.28. The van der Waals surface area contributed by atoms with Crippen LogP contribution in [0.3, 0.4) is 0 Å².